The molecule has 6 heteroatoms. The Bertz CT molecular complexity index is 746. The number of hydrogen-bond donors (Lipinski definition) is 2. The molecule has 0 saturated heterocycles. The highest BCUT2D eigenvalue weighted by Crippen LogP contribution is 2.18. The van der Waals surface area contributed by atoms with Crippen LogP contribution in [0.15, 0.2) is 61.1 Å². The minimum Gasteiger partial charge on any atom is -0.497 e. The maximum absolute atomic E-state index is 5.14. The summed E-state index contributed by atoms with van der Waals surface area (Å²) in [7, 11) is 1.64. The second kappa shape index (κ2) is 7.22. The molecular weight excluding hydrogens is 290 g/mol. The summed E-state index contributed by atoms with van der Waals surface area (Å²) in [4.78, 5) is 12.7. The van der Waals surface area contributed by atoms with Gasteiger partial charge in [0, 0.05) is 30.8 Å². The van der Waals surface area contributed by atoms with Gasteiger partial charge in [-0.2, -0.15) is 4.98 Å². The number of hydrogen-bond acceptors (Lipinski definition) is 6. The van der Waals surface area contributed by atoms with Crippen molar-refractivity contribution in [3.63, 3.8) is 0 Å². The van der Waals surface area contributed by atoms with E-state index in [0.29, 0.717) is 12.5 Å². The van der Waals surface area contributed by atoms with Crippen LogP contribution in [0.3, 0.4) is 0 Å². The average molecular weight is 307 g/mol. The van der Waals surface area contributed by atoms with Crippen LogP contribution in [0, 0.1) is 0 Å². The molecule has 2 aromatic heterocycles. The van der Waals surface area contributed by atoms with Gasteiger partial charge in [0.1, 0.15) is 11.6 Å². The third kappa shape index (κ3) is 4.16. The van der Waals surface area contributed by atoms with Crippen LogP contribution in [-0.4, -0.2) is 22.1 Å². The van der Waals surface area contributed by atoms with E-state index in [9.17, 15) is 0 Å². The fourth-order valence-electron chi connectivity index (χ4n) is 2.01. The maximum atomic E-state index is 5.14. The van der Waals surface area contributed by atoms with Crippen LogP contribution in [0.5, 0.6) is 5.75 Å². The summed E-state index contributed by atoms with van der Waals surface area (Å²) in [6.45, 7) is 0.682. The molecule has 0 saturated carbocycles. The van der Waals surface area contributed by atoms with Crippen molar-refractivity contribution in [3.05, 3.63) is 66.6 Å². The van der Waals surface area contributed by atoms with E-state index >= 15 is 0 Å². The number of pyridine rings is 1. The molecule has 116 valence electrons. The number of anilines is 3. The molecule has 0 fully saturated rings. The van der Waals surface area contributed by atoms with Crippen molar-refractivity contribution in [1.29, 1.82) is 0 Å². The van der Waals surface area contributed by atoms with Gasteiger partial charge in [-0.1, -0.05) is 0 Å². The summed E-state index contributed by atoms with van der Waals surface area (Å²) < 4.78 is 5.14. The zero-order chi connectivity index (χ0) is 15.9. The van der Waals surface area contributed by atoms with Gasteiger partial charge in [-0.3, -0.25) is 4.98 Å². The van der Waals surface area contributed by atoms with E-state index in [0.717, 1.165) is 22.8 Å². The molecule has 6 nitrogen and oxygen atoms in total. The van der Waals surface area contributed by atoms with Crippen LogP contribution in [0.25, 0.3) is 0 Å². The number of nitrogens with zero attached hydrogens (tertiary/aromatic N) is 3. The molecule has 0 spiro atoms. The van der Waals surface area contributed by atoms with E-state index in [4.69, 9.17) is 4.74 Å². The lowest BCUT2D eigenvalue weighted by atomic mass is 10.3. The van der Waals surface area contributed by atoms with Crippen molar-refractivity contribution < 1.29 is 4.74 Å². The zero-order valence-corrected chi connectivity index (χ0v) is 12.7. The first-order valence-electron chi connectivity index (χ1n) is 7.20. The third-order valence-corrected chi connectivity index (χ3v) is 3.22. The van der Waals surface area contributed by atoms with Gasteiger partial charge in [-0.25, -0.2) is 4.98 Å². The van der Waals surface area contributed by atoms with Crippen LogP contribution >= 0.6 is 0 Å². The largest absolute Gasteiger partial charge is 0.497 e. The van der Waals surface area contributed by atoms with Gasteiger partial charge in [-0.15, -0.1) is 0 Å². The molecule has 3 aromatic rings. The second-order valence-electron chi connectivity index (χ2n) is 4.83. The summed E-state index contributed by atoms with van der Waals surface area (Å²) in [6.07, 6.45) is 5.26. The van der Waals surface area contributed by atoms with Crippen LogP contribution in [-0.2, 0) is 6.54 Å². The Morgan fingerprint density at radius 3 is 2.48 bits per heavy atom. The van der Waals surface area contributed by atoms with Crippen molar-refractivity contribution in [2.45, 2.75) is 6.54 Å². The molecule has 1 aromatic carbocycles. The van der Waals surface area contributed by atoms with Gasteiger partial charge in [0.05, 0.1) is 7.11 Å². The lowest BCUT2D eigenvalue weighted by Gasteiger charge is -2.09. The SMILES string of the molecule is COc1ccc(Nc2nccc(NCc3ccncc3)n2)cc1. The van der Waals surface area contributed by atoms with Crippen LogP contribution in [0.4, 0.5) is 17.5 Å². The summed E-state index contributed by atoms with van der Waals surface area (Å²) in [5, 5.41) is 6.43. The molecule has 2 heterocycles. The van der Waals surface area contributed by atoms with Gasteiger partial charge < -0.3 is 15.4 Å². The topological polar surface area (TPSA) is 72.0 Å². The molecule has 0 aliphatic heterocycles. The highest BCUT2D eigenvalue weighted by molar-refractivity contribution is 5.55. The molecule has 0 unspecified atom stereocenters. The van der Waals surface area contributed by atoms with Gasteiger partial charge in [0.25, 0.3) is 0 Å². The molecule has 2 N–H and O–H groups in total. The standard InChI is InChI=1S/C17H17N5O/c1-23-15-4-2-14(3-5-15)21-17-19-11-8-16(22-17)20-12-13-6-9-18-10-7-13/h2-11H,12H2,1H3,(H2,19,20,21,22). The minimum atomic E-state index is 0.537. The Balaban J connectivity index is 1.64. The quantitative estimate of drug-likeness (QED) is 0.728. The smallest absolute Gasteiger partial charge is 0.229 e. The second-order valence-corrected chi connectivity index (χ2v) is 4.83. The summed E-state index contributed by atoms with van der Waals surface area (Å²) in [5.41, 5.74) is 2.04. The molecule has 23 heavy (non-hydrogen) atoms. The lowest BCUT2D eigenvalue weighted by molar-refractivity contribution is 0.415. The summed E-state index contributed by atoms with van der Waals surface area (Å²) >= 11 is 0. The monoisotopic (exact) mass is 307 g/mol. The fraction of sp³-hybridized carbons (Fsp3) is 0.118. The first-order chi connectivity index (χ1) is 11.3. The number of methoxy groups -OCH3 is 1. The molecule has 0 radical (unpaired) electrons. The summed E-state index contributed by atoms with van der Waals surface area (Å²) in [5.74, 6) is 2.10. The number of aromatic nitrogens is 3. The van der Waals surface area contributed by atoms with Gasteiger partial charge in [0.15, 0.2) is 0 Å². The Kier molecular flexibility index (Phi) is 4.63. The van der Waals surface area contributed by atoms with Crippen molar-refractivity contribution in [1.82, 2.24) is 15.0 Å². The van der Waals surface area contributed by atoms with Gasteiger partial charge >= 0.3 is 0 Å². The van der Waals surface area contributed by atoms with Gasteiger partial charge in [-0.05, 0) is 48.0 Å². The van der Waals surface area contributed by atoms with E-state index in [1.54, 1.807) is 25.7 Å². The number of nitrogens with one attached hydrogen (secondary N) is 2. The Morgan fingerprint density at radius 2 is 1.74 bits per heavy atom. The predicted octanol–water partition coefficient (Wildman–Crippen LogP) is 3.24. The molecule has 0 atom stereocenters. The number of ether oxygens (including phenoxy) is 1. The van der Waals surface area contributed by atoms with Crippen molar-refractivity contribution >= 4 is 17.5 Å². The molecule has 0 bridgehead atoms. The van der Waals surface area contributed by atoms with Gasteiger partial charge in [0.2, 0.25) is 5.95 Å². The van der Waals surface area contributed by atoms with Crippen LogP contribution in [0.1, 0.15) is 5.56 Å². The average Bonchev–Trinajstić information content (AvgIpc) is 2.62. The number of rotatable bonds is 6. The minimum absolute atomic E-state index is 0.537. The summed E-state index contributed by atoms with van der Waals surface area (Å²) in [6, 6.07) is 13.4. The van der Waals surface area contributed by atoms with Crippen LogP contribution < -0.4 is 15.4 Å². The first-order valence-corrected chi connectivity index (χ1v) is 7.20. The van der Waals surface area contributed by atoms with E-state index in [1.165, 1.54) is 0 Å². The highest BCUT2D eigenvalue weighted by Gasteiger charge is 2.01. The van der Waals surface area contributed by atoms with E-state index in [2.05, 4.69) is 25.6 Å². The van der Waals surface area contributed by atoms with E-state index in [-0.39, 0.29) is 0 Å². The lowest BCUT2D eigenvalue weighted by Crippen LogP contribution is -2.04. The molecule has 3 rings (SSSR count). The molecule has 0 amide bonds. The van der Waals surface area contributed by atoms with Crippen molar-refractivity contribution in [2.24, 2.45) is 0 Å². The Morgan fingerprint density at radius 1 is 0.957 bits per heavy atom. The Hall–Kier alpha value is -3.15. The number of benzene rings is 1. The van der Waals surface area contributed by atoms with Crippen molar-refractivity contribution in [3.8, 4) is 5.75 Å². The third-order valence-electron chi connectivity index (χ3n) is 3.22. The van der Waals surface area contributed by atoms with Crippen LogP contribution in [0.2, 0.25) is 0 Å². The van der Waals surface area contributed by atoms with E-state index < -0.39 is 0 Å². The maximum Gasteiger partial charge on any atom is 0.229 e. The fourth-order valence-corrected chi connectivity index (χ4v) is 2.01. The van der Waals surface area contributed by atoms with Crippen molar-refractivity contribution in [2.75, 3.05) is 17.7 Å². The van der Waals surface area contributed by atoms with E-state index in [1.807, 2.05) is 42.5 Å². The Labute approximate surface area is 134 Å². The molecule has 0 aliphatic carbocycles. The molecular formula is C17H17N5O. The molecule has 0 aliphatic rings. The zero-order valence-electron chi connectivity index (χ0n) is 12.7. The predicted molar refractivity (Wildman–Crippen MR) is 89.9 cm³/mol. The highest BCUT2D eigenvalue weighted by atomic mass is 16.5. The normalized spacial score (nSPS) is 10.1. The first kappa shape index (κ1) is 14.8.